The first-order valence-electron chi connectivity index (χ1n) is 8.46. The fourth-order valence-corrected chi connectivity index (χ4v) is 2.92. The fourth-order valence-electron chi connectivity index (χ4n) is 2.92. The highest BCUT2D eigenvalue weighted by molar-refractivity contribution is 5.88. The molecular weight excluding hydrogens is 351 g/mol. The van der Waals surface area contributed by atoms with E-state index in [1.807, 2.05) is 19.1 Å². The number of hydrogen-bond acceptors (Lipinski definition) is 6. The van der Waals surface area contributed by atoms with Crippen molar-refractivity contribution in [1.29, 1.82) is 0 Å². The summed E-state index contributed by atoms with van der Waals surface area (Å²) in [6.45, 7) is 2.30. The van der Waals surface area contributed by atoms with E-state index in [0.29, 0.717) is 46.4 Å². The Kier molecular flexibility index (Phi) is 4.19. The average Bonchev–Trinajstić information content (AvgIpc) is 3.25. The van der Waals surface area contributed by atoms with Crippen LogP contribution in [-0.4, -0.2) is 40.7 Å². The third-order valence-electron chi connectivity index (χ3n) is 4.19. The SMILES string of the molecule is CCOc1nc2[nH]ccc2cc1Nc1[nH]c2nc(OC)c(NC)cc2c1F. The Hall–Kier alpha value is -3.49. The lowest BCUT2D eigenvalue weighted by Crippen LogP contribution is -2.01. The molecule has 0 amide bonds. The highest BCUT2D eigenvalue weighted by atomic mass is 19.1. The van der Waals surface area contributed by atoms with E-state index in [1.165, 1.54) is 7.11 Å². The van der Waals surface area contributed by atoms with Crippen molar-refractivity contribution in [3.63, 3.8) is 0 Å². The van der Waals surface area contributed by atoms with E-state index in [1.54, 1.807) is 19.3 Å². The second kappa shape index (κ2) is 6.67. The van der Waals surface area contributed by atoms with E-state index in [9.17, 15) is 4.39 Å². The molecule has 0 bridgehead atoms. The molecule has 8 nitrogen and oxygen atoms in total. The minimum absolute atomic E-state index is 0.172. The summed E-state index contributed by atoms with van der Waals surface area (Å²) < 4.78 is 25.8. The van der Waals surface area contributed by atoms with Crippen molar-refractivity contribution in [3.05, 3.63) is 30.2 Å². The number of anilines is 3. The van der Waals surface area contributed by atoms with E-state index in [4.69, 9.17) is 9.47 Å². The number of pyridine rings is 2. The lowest BCUT2D eigenvalue weighted by atomic mass is 10.3. The van der Waals surface area contributed by atoms with Gasteiger partial charge < -0.3 is 30.1 Å². The van der Waals surface area contributed by atoms with Gasteiger partial charge in [-0.05, 0) is 25.1 Å². The molecule has 4 heterocycles. The molecule has 0 spiro atoms. The topological polar surface area (TPSA) is 99.9 Å². The normalized spacial score (nSPS) is 11.1. The van der Waals surface area contributed by atoms with E-state index < -0.39 is 5.82 Å². The Balaban J connectivity index is 1.80. The summed E-state index contributed by atoms with van der Waals surface area (Å²) in [6.07, 6.45) is 1.79. The first-order valence-corrected chi connectivity index (χ1v) is 8.46. The van der Waals surface area contributed by atoms with Gasteiger partial charge in [-0.1, -0.05) is 0 Å². The summed E-state index contributed by atoms with van der Waals surface area (Å²) >= 11 is 0. The van der Waals surface area contributed by atoms with Crippen LogP contribution in [0.5, 0.6) is 11.8 Å². The fraction of sp³-hybridized carbons (Fsp3) is 0.222. The molecule has 0 unspecified atom stereocenters. The zero-order chi connectivity index (χ0) is 19.0. The molecule has 0 radical (unpaired) electrons. The summed E-state index contributed by atoms with van der Waals surface area (Å²) in [5.41, 5.74) is 2.22. The van der Waals surface area contributed by atoms with Crippen molar-refractivity contribution >= 4 is 39.3 Å². The molecular formula is C18H19FN6O2. The zero-order valence-electron chi connectivity index (χ0n) is 15.1. The number of ether oxygens (including phenoxy) is 2. The van der Waals surface area contributed by atoms with Crippen molar-refractivity contribution in [2.45, 2.75) is 6.92 Å². The molecule has 4 rings (SSSR count). The Morgan fingerprint density at radius 2 is 1.96 bits per heavy atom. The van der Waals surface area contributed by atoms with Gasteiger partial charge in [0, 0.05) is 18.6 Å². The molecule has 0 saturated heterocycles. The summed E-state index contributed by atoms with van der Waals surface area (Å²) in [7, 11) is 3.24. The largest absolute Gasteiger partial charge is 0.479 e. The smallest absolute Gasteiger partial charge is 0.239 e. The first kappa shape index (κ1) is 17.0. The van der Waals surface area contributed by atoms with Crippen LogP contribution < -0.4 is 20.1 Å². The third-order valence-corrected chi connectivity index (χ3v) is 4.19. The van der Waals surface area contributed by atoms with E-state index in [0.717, 1.165) is 5.39 Å². The predicted octanol–water partition coefficient (Wildman–Crippen LogP) is 3.77. The van der Waals surface area contributed by atoms with Crippen LogP contribution >= 0.6 is 0 Å². The van der Waals surface area contributed by atoms with Gasteiger partial charge in [-0.3, -0.25) is 0 Å². The van der Waals surface area contributed by atoms with Gasteiger partial charge in [0.25, 0.3) is 0 Å². The number of aromatic amines is 2. The molecule has 0 aliphatic rings. The second-order valence-corrected chi connectivity index (χ2v) is 5.82. The molecule has 0 aromatic carbocycles. The van der Waals surface area contributed by atoms with E-state index >= 15 is 0 Å². The van der Waals surface area contributed by atoms with Crippen LogP contribution in [0, 0.1) is 5.82 Å². The van der Waals surface area contributed by atoms with Crippen LogP contribution in [0.2, 0.25) is 0 Å². The number of nitrogens with zero attached hydrogens (tertiary/aromatic N) is 2. The summed E-state index contributed by atoms with van der Waals surface area (Å²) in [5, 5.41) is 7.21. The molecule has 0 saturated carbocycles. The van der Waals surface area contributed by atoms with E-state index in [2.05, 4.69) is 30.6 Å². The standard InChI is InChI=1S/C18H19FN6O2/c1-4-27-18-12(7-9-5-6-21-14(9)24-18)22-16-13(19)10-8-11(20-2)17(26-3)25-15(10)23-16/h5-8,20,22H,4H2,1-3H3,(H,21,24)(H,23,25). The van der Waals surface area contributed by atoms with Crippen LogP contribution in [0.15, 0.2) is 24.4 Å². The van der Waals surface area contributed by atoms with Crippen molar-refractivity contribution in [1.82, 2.24) is 19.9 Å². The summed E-state index contributed by atoms with van der Waals surface area (Å²) in [5.74, 6) is 0.480. The average molecular weight is 370 g/mol. The summed E-state index contributed by atoms with van der Waals surface area (Å²) in [4.78, 5) is 14.7. The van der Waals surface area contributed by atoms with Crippen LogP contribution in [0.25, 0.3) is 22.1 Å². The molecule has 0 aliphatic carbocycles. The van der Waals surface area contributed by atoms with Gasteiger partial charge in [-0.25, -0.2) is 4.39 Å². The maximum Gasteiger partial charge on any atom is 0.239 e. The number of aromatic nitrogens is 4. The molecule has 4 aromatic heterocycles. The van der Waals surface area contributed by atoms with Gasteiger partial charge in [0.1, 0.15) is 22.8 Å². The minimum Gasteiger partial charge on any atom is -0.479 e. The van der Waals surface area contributed by atoms with Gasteiger partial charge in [0.05, 0.1) is 24.8 Å². The first-order chi connectivity index (χ1) is 13.1. The van der Waals surface area contributed by atoms with Crippen LogP contribution in [0.4, 0.5) is 21.6 Å². The number of methoxy groups -OCH3 is 1. The lowest BCUT2D eigenvalue weighted by molar-refractivity contribution is 0.330. The molecule has 0 atom stereocenters. The van der Waals surface area contributed by atoms with Crippen molar-refractivity contribution in [2.24, 2.45) is 0 Å². The van der Waals surface area contributed by atoms with Crippen LogP contribution in [0.1, 0.15) is 6.92 Å². The zero-order valence-corrected chi connectivity index (χ0v) is 15.1. The number of fused-ring (bicyclic) bond motifs is 2. The molecule has 9 heteroatoms. The highest BCUT2D eigenvalue weighted by Crippen LogP contribution is 2.34. The number of nitrogens with one attached hydrogen (secondary N) is 4. The highest BCUT2D eigenvalue weighted by Gasteiger charge is 2.18. The van der Waals surface area contributed by atoms with Gasteiger partial charge >= 0.3 is 0 Å². The van der Waals surface area contributed by atoms with Crippen LogP contribution in [-0.2, 0) is 0 Å². The molecule has 4 N–H and O–H groups in total. The van der Waals surface area contributed by atoms with Crippen molar-refractivity contribution in [2.75, 3.05) is 31.4 Å². The Morgan fingerprint density at radius 1 is 1.15 bits per heavy atom. The molecule has 4 aromatic rings. The second-order valence-electron chi connectivity index (χ2n) is 5.82. The Morgan fingerprint density at radius 3 is 2.70 bits per heavy atom. The van der Waals surface area contributed by atoms with Gasteiger partial charge in [-0.2, -0.15) is 9.97 Å². The molecule has 140 valence electrons. The van der Waals surface area contributed by atoms with Crippen molar-refractivity contribution in [3.8, 4) is 11.8 Å². The van der Waals surface area contributed by atoms with Gasteiger partial charge in [0.2, 0.25) is 11.8 Å². The molecule has 0 aliphatic heterocycles. The maximum atomic E-state index is 15.0. The molecule has 0 fully saturated rings. The van der Waals surface area contributed by atoms with Gasteiger partial charge in [0.15, 0.2) is 5.82 Å². The number of hydrogen-bond donors (Lipinski definition) is 4. The number of halogens is 1. The van der Waals surface area contributed by atoms with Crippen molar-refractivity contribution < 1.29 is 13.9 Å². The molecule has 27 heavy (non-hydrogen) atoms. The summed E-state index contributed by atoms with van der Waals surface area (Å²) in [6, 6.07) is 5.38. The third kappa shape index (κ3) is 2.86. The Labute approximate surface area is 154 Å². The lowest BCUT2D eigenvalue weighted by Gasteiger charge is -2.10. The Bertz CT molecular complexity index is 1120. The van der Waals surface area contributed by atoms with Gasteiger partial charge in [-0.15, -0.1) is 0 Å². The predicted molar refractivity (Wildman–Crippen MR) is 103 cm³/mol. The van der Waals surface area contributed by atoms with E-state index in [-0.39, 0.29) is 5.82 Å². The maximum absolute atomic E-state index is 15.0. The number of H-pyrrole nitrogens is 2. The number of rotatable bonds is 6. The quantitative estimate of drug-likeness (QED) is 0.412. The van der Waals surface area contributed by atoms with Crippen LogP contribution in [0.3, 0.4) is 0 Å². The minimum atomic E-state index is -0.451. The monoisotopic (exact) mass is 370 g/mol.